The molecule has 1 N–H and O–H groups in total. The second-order valence-corrected chi connectivity index (χ2v) is 2.25. The highest BCUT2D eigenvalue weighted by Gasteiger charge is 2.26. The lowest BCUT2D eigenvalue weighted by atomic mass is 10.4. The molecule has 68 valence electrons. The van der Waals surface area contributed by atoms with Gasteiger partial charge in [0.1, 0.15) is 6.26 Å². The third kappa shape index (κ3) is 3.38. The van der Waals surface area contributed by atoms with E-state index in [9.17, 15) is 13.2 Å². The Morgan fingerprint density at radius 2 is 2.25 bits per heavy atom. The largest absolute Gasteiger partial charge is 0.401 e. The predicted octanol–water partition coefficient (Wildman–Crippen LogP) is 1.33. The monoisotopic (exact) mass is 180 g/mol. The number of hydrogen-bond acceptors (Lipinski definition) is 3. The molecule has 0 aliphatic carbocycles. The van der Waals surface area contributed by atoms with Gasteiger partial charge < -0.3 is 9.84 Å². The van der Waals surface area contributed by atoms with Gasteiger partial charge in [-0.2, -0.15) is 13.2 Å². The molecule has 0 fully saturated rings. The minimum Gasteiger partial charge on any atom is -0.364 e. The Morgan fingerprint density at radius 1 is 1.50 bits per heavy atom. The van der Waals surface area contributed by atoms with Crippen LogP contribution in [0.15, 0.2) is 17.0 Å². The number of alkyl halides is 3. The summed E-state index contributed by atoms with van der Waals surface area (Å²) in [6.07, 6.45) is -1.51. The van der Waals surface area contributed by atoms with Crippen molar-refractivity contribution in [2.24, 2.45) is 0 Å². The first-order valence-corrected chi connectivity index (χ1v) is 3.23. The van der Waals surface area contributed by atoms with Crippen LogP contribution in [-0.4, -0.2) is 17.9 Å². The summed E-state index contributed by atoms with van der Waals surface area (Å²) in [5.41, 5.74) is 0.597. The van der Waals surface area contributed by atoms with Gasteiger partial charge in [0, 0.05) is 12.1 Å². The highest BCUT2D eigenvalue weighted by atomic mass is 19.4. The van der Waals surface area contributed by atoms with Crippen LogP contribution >= 0.6 is 0 Å². The van der Waals surface area contributed by atoms with E-state index in [-0.39, 0.29) is 6.54 Å². The van der Waals surface area contributed by atoms with Crippen LogP contribution in [0.3, 0.4) is 0 Å². The van der Waals surface area contributed by atoms with E-state index in [0.717, 1.165) is 0 Å². The Labute approximate surface area is 66.5 Å². The lowest BCUT2D eigenvalue weighted by Gasteiger charge is -2.05. The van der Waals surface area contributed by atoms with Crippen LogP contribution in [0.5, 0.6) is 0 Å². The molecule has 0 unspecified atom stereocenters. The second kappa shape index (κ2) is 3.57. The molecule has 0 aromatic carbocycles. The Balaban J connectivity index is 2.20. The van der Waals surface area contributed by atoms with Crippen molar-refractivity contribution in [3.8, 4) is 0 Å². The summed E-state index contributed by atoms with van der Waals surface area (Å²) in [6, 6.07) is 0. The number of rotatable bonds is 3. The molecule has 0 radical (unpaired) electrons. The molecule has 0 spiro atoms. The van der Waals surface area contributed by atoms with E-state index in [2.05, 4.69) is 15.0 Å². The van der Waals surface area contributed by atoms with Gasteiger partial charge in [0.25, 0.3) is 0 Å². The van der Waals surface area contributed by atoms with Gasteiger partial charge in [-0.1, -0.05) is 5.16 Å². The van der Waals surface area contributed by atoms with Crippen LogP contribution in [0.1, 0.15) is 5.56 Å². The zero-order valence-electron chi connectivity index (χ0n) is 6.06. The molecule has 0 atom stereocenters. The van der Waals surface area contributed by atoms with Gasteiger partial charge in [0.15, 0.2) is 0 Å². The van der Waals surface area contributed by atoms with Crippen molar-refractivity contribution in [2.75, 3.05) is 6.54 Å². The quantitative estimate of drug-likeness (QED) is 0.762. The number of aromatic nitrogens is 1. The first-order valence-electron chi connectivity index (χ1n) is 3.23. The lowest BCUT2D eigenvalue weighted by Crippen LogP contribution is -2.28. The van der Waals surface area contributed by atoms with Gasteiger partial charge in [-0.3, -0.25) is 0 Å². The van der Waals surface area contributed by atoms with Crippen LogP contribution < -0.4 is 5.32 Å². The number of hydrogen-bond donors (Lipinski definition) is 1. The van der Waals surface area contributed by atoms with Gasteiger partial charge in [0.05, 0.1) is 12.7 Å². The molecule has 1 heterocycles. The van der Waals surface area contributed by atoms with E-state index in [4.69, 9.17) is 0 Å². The second-order valence-electron chi connectivity index (χ2n) is 2.25. The fourth-order valence-corrected chi connectivity index (χ4v) is 0.663. The third-order valence-electron chi connectivity index (χ3n) is 1.14. The first-order chi connectivity index (χ1) is 5.58. The maximum absolute atomic E-state index is 11.6. The highest BCUT2D eigenvalue weighted by molar-refractivity contribution is 4.99. The maximum atomic E-state index is 11.6. The van der Waals surface area contributed by atoms with Gasteiger partial charge >= 0.3 is 6.18 Å². The molecule has 1 rings (SSSR count). The summed E-state index contributed by atoms with van der Waals surface area (Å²) in [7, 11) is 0. The summed E-state index contributed by atoms with van der Waals surface area (Å²) in [5.74, 6) is 0. The van der Waals surface area contributed by atoms with E-state index in [1.165, 1.54) is 12.5 Å². The summed E-state index contributed by atoms with van der Waals surface area (Å²) >= 11 is 0. The van der Waals surface area contributed by atoms with Crippen molar-refractivity contribution in [2.45, 2.75) is 12.7 Å². The van der Waals surface area contributed by atoms with Gasteiger partial charge in [0.2, 0.25) is 0 Å². The standard InChI is InChI=1S/C6H7F3N2O/c7-6(8,9)4-10-1-5-2-11-12-3-5/h2-3,10H,1,4H2. The van der Waals surface area contributed by atoms with Gasteiger partial charge in [-0.25, -0.2) is 0 Å². The zero-order chi connectivity index (χ0) is 9.03. The molecule has 1 aromatic rings. The van der Waals surface area contributed by atoms with Crippen LogP contribution in [0.4, 0.5) is 13.2 Å². The lowest BCUT2D eigenvalue weighted by molar-refractivity contribution is -0.125. The Kier molecular flexibility index (Phi) is 2.69. The van der Waals surface area contributed by atoms with E-state index < -0.39 is 12.7 Å². The zero-order valence-corrected chi connectivity index (χ0v) is 6.06. The SMILES string of the molecule is FC(F)(F)CNCc1cnoc1. The summed E-state index contributed by atoms with van der Waals surface area (Å²) in [5, 5.41) is 5.54. The molecule has 0 aliphatic rings. The Bertz CT molecular complexity index is 219. The molecular weight excluding hydrogens is 173 g/mol. The molecule has 0 saturated carbocycles. The molecule has 3 nitrogen and oxygen atoms in total. The Morgan fingerprint density at radius 3 is 2.75 bits per heavy atom. The average Bonchev–Trinajstić information content (AvgIpc) is 2.36. The van der Waals surface area contributed by atoms with Crippen LogP contribution in [0.25, 0.3) is 0 Å². The maximum Gasteiger partial charge on any atom is 0.401 e. The molecule has 0 amide bonds. The van der Waals surface area contributed by atoms with Crippen LogP contribution in [0, 0.1) is 0 Å². The van der Waals surface area contributed by atoms with E-state index in [1.807, 2.05) is 0 Å². The van der Waals surface area contributed by atoms with Crippen molar-refractivity contribution in [1.29, 1.82) is 0 Å². The van der Waals surface area contributed by atoms with Gasteiger partial charge in [-0.05, 0) is 0 Å². The van der Waals surface area contributed by atoms with Crippen molar-refractivity contribution in [1.82, 2.24) is 10.5 Å². The van der Waals surface area contributed by atoms with Gasteiger partial charge in [-0.15, -0.1) is 0 Å². The summed E-state index contributed by atoms with van der Waals surface area (Å²) in [4.78, 5) is 0. The third-order valence-corrected chi connectivity index (χ3v) is 1.14. The average molecular weight is 180 g/mol. The predicted molar refractivity (Wildman–Crippen MR) is 34.3 cm³/mol. The summed E-state index contributed by atoms with van der Waals surface area (Å²) < 4.78 is 39.2. The molecule has 0 aliphatic heterocycles. The fourth-order valence-electron chi connectivity index (χ4n) is 0.663. The number of nitrogens with one attached hydrogen (secondary N) is 1. The molecule has 1 aromatic heterocycles. The molecular formula is C6H7F3N2O. The van der Waals surface area contributed by atoms with E-state index in [0.29, 0.717) is 5.56 Å². The van der Waals surface area contributed by atoms with Crippen LogP contribution in [-0.2, 0) is 6.54 Å². The molecule has 6 heteroatoms. The van der Waals surface area contributed by atoms with Crippen LogP contribution in [0.2, 0.25) is 0 Å². The van der Waals surface area contributed by atoms with Crippen molar-refractivity contribution < 1.29 is 17.7 Å². The van der Waals surface area contributed by atoms with Crippen molar-refractivity contribution >= 4 is 0 Å². The molecule has 0 bridgehead atoms. The minimum absolute atomic E-state index is 0.114. The van der Waals surface area contributed by atoms with E-state index >= 15 is 0 Å². The first kappa shape index (κ1) is 9.05. The molecule has 12 heavy (non-hydrogen) atoms. The molecule has 0 saturated heterocycles. The normalized spacial score (nSPS) is 11.9. The highest BCUT2D eigenvalue weighted by Crippen LogP contribution is 2.12. The topological polar surface area (TPSA) is 38.1 Å². The van der Waals surface area contributed by atoms with Crippen molar-refractivity contribution in [3.05, 3.63) is 18.0 Å². The number of halogens is 3. The van der Waals surface area contributed by atoms with Crippen molar-refractivity contribution in [3.63, 3.8) is 0 Å². The summed E-state index contributed by atoms with van der Waals surface area (Å²) in [6.45, 7) is -0.888. The minimum atomic E-state index is -4.17. The smallest absolute Gasteiger partial charge is 0.364 e. The number of nitrogens with zero attached hydrogens (tertiary/aromatic N) is 1. The van der Waals surface area contributed by atoms with E-state index in [1.54, 1.807) is 0 Å². The fraction of sp³-hybridized carbons (Fsp3) is 0.500. The Hall–Kier alpha value is -1.04.